The van der Waals surface area contributed by atoms with Crippen LogP contribution in [0.4, 0.5) is 5.69 Å². The molecule has 0 unspecified atom stereocenters. The van der Waals surface area contributed by atoms with Gasteiger partial charge in [0.25, 0.3) is 0 Å². The van der Waals surface area contributed by atoms with Crippen LogP contribution in [0.5, 0.6) is 17.5 Å². The van der Waals surface area contributed by atoms with Gasteiger partial charge in [0, 0.05) is 23.4 Å². The van der Waals surface area contributed by atoms with Gasteiger partial charge in [-0.05, 0) is 24.3 Å². The third-order valence-electron chi connectivity index (χ3n) is 3.74. The van der Waals surface area contributed by atoms with E-state index in [2.05, 4.69) is 9.71 Å². The maximum absolute atomic E-state index is 11.2. The number of aromatic nitrogens is 2. The van der Waals surface area contributed by atoms with Gasteiger partial charge in [0.05, 0.1) is 24.7 Å². The van der Waals surface area contributed by atoms with E-state index in [4.69, 9.17) is 4.74 Å². The summed E-state index contributed by atoms with van der Waals surface area (Å²) in [5.41, 5.74) is 2.04. The minimum absolute atomic E-state index is 0.0293. The van der Waals surface area contributed by atoms with Gasteiger partial charge in [0.2, 0.25) is 10.0 Å². The molecule has 0 atom stereocenters. The van der Waals surface area contributed by atoms with Crippen LogP contribution in [0.2, 0.25) is 0 Å². The molecule has 3 aromatic rings. The van der Waals surface area contributed by atoms with Crippen LogP contribution in [-0.2, 0) is 16.6 Å². The van der Waals surface area contributed by atoms with Gasteiger partial charge < -0.3 is 14.9 Å². The van der Waals surface area contributed by atoms with E-state index in [0.29, 0.717) is 23.7 Å². The molecule has 0 bridgehead atoms. The van der Waals surface area contributed by atoms with E-state index < -0.39 is 10.0 Å². The number of nitrogens with one attached hydrogen (secondary N) is 1. The lowest BCUT2D eigenvalue weighted by Crippen LogP contribution is -2.09. The molecule has 8 nitrogen and oxygen atoms in total. The number of nitrogens with zero attached hydrogens (tertiary/aromatic N) is 2. The molecule has 142 valence electrons. The van der Waals surface area contributed by atoms with Crippen LogP contribution in [0.1, 0.15) is 0 Å². The Morgan fingerprint density at radius 2 is 1.70 bits per heavy atom. The van der Waals surface area contributed by atoms with Crippen LogP contribution in [0, 0.1) is 0 Å². The minimum Gasteiger partial charge on any atom is -0.494 e. The number of benzene rings is 1. The molecule has 2 heterocycles. The second-order valence-electron chi connectivity index (χ2n) is 5.88. The van der Waals surface area contributed by atoms with E-state index >= 15 is 0 Å². The first kappa shape index (κ1) is 18.6. The van der Waals surface area contributed by atoms with Crippen LogP contribution < -0.4 is 9.46 Å². The number of hydrogen-bond acceptors (Lipinski definition) is 6. The Morgan fingerprint density at radius 1 is 1.04 bits per heavy atom. The summed E-state index contributed by atoms with van der Waals surface area (Å²) in [7, 11) is -3.31. The quantitative estimate of drug-likeness (QED) is 0.572. The van der Waals surface area contributed by atoms with Crippen molar-refractivity contribution in [3.05, 3.63) is 54.7 Å². The van der Waals surface area contributed by atoms with Crippen LogP contribution >= 0.6 is 0 Å². The molecule has 0 fully saturated rings. The molecule has 3 N–H and O–H groups in total. The Labute approximate surface area is 156 Å². The first-order chi connectivity index (χ1) is 12.8. The number of hydrogen-bond donors (Lipinski definition) is 3. The average Bonchev–Trinajstić information content (AvgIpc) is 2.94. The lowest BCUT2D eigenvalue weighted by Gasteiger charge is -2.09. The molecule has 0 saturated heterocycles. The van der Waals surface area contributed by atoms with Crippen molar-refractivity contribution >= 4 is 15.7 Å². The summed E-state index contributed by atoms with van der Waals surface area (Å²) in [6, 6.07) is 13.2. The van der Waals surface area contributed by atoms with E-state index in [1.807, 2.05) is 0 Å². The van der Waals surface area contributed by atoms with Crippen molar-refractivity contribution in [1.82, 2.24) is 9.55 Å². The Bertz CT molecular complexity index is 993. The third kappa shape index (κ3) is 4.91. The van der Waals surface area contributed by atoms with E-state index in [-0.39, 0.29) is 18.4 Å². The lowest BCUT2D eigenvalue weighted by molar-refractivity contribution is 0.274. The van der Waals surface area contributed by atoms with Crippen LogP contribution in [0.25, 0.3) is 11.3 Å². The fourth-order valence-corrected chi connectivity index (χ4v) is 3.05. The fourth-order valence-electron chi connectivity index (χ4n) is 2.49. The monoisotopic (exact) mass is 389 g/mol. The van der Waals surface area contributed by atoms with Crippen molar-refractivity contribution in [3.63, 3.8) is 0 Å². The molecule has 0 saturated carbocycles. The van der Waals surface area contributed by atoms with Crippen molar-refractivity contribution < 1.29 is 23.4 Å². The van der Waals surface area contributed by atoms with Gasteiger partial charge in [0.1, 0.15) is 12.4 Å². The number of rotatable bonds is 7. The normalized spacial score (nSPS) is 11.3. The highest BCUT2D eigenvalue weighted by molar-refractivity contribution is 7.92. The standard InChI is InChI=1S/C18H19N3O5S/c1-27(24,25)20-14-4-2-13(3-5-14)16-7-6-15(12-19-16)26-11-10-21-17(22)8-9-18(21)23/h2-9,12,20,22-23H,10-11H2,1H3. The number of anilines is 1. The van der Waals surface area contributed by atoms with E-state index in [1.54, 1.807) is 42.6 Å². The largest absolute Gasteiger partial charge is 0.494 e. The summed E-state index contributed by atoms with van der Waals surface area (Å²) in [5, 5.41) is 19.1. The second kappa shape index (κ2) is 7.58. The molecule has 27 heavy (non-hydrogen) atoms. The van der Waals surface area contributed by atoms with E-state index in [9.17, 15) is 18.6 Å². The Hall–Kier alpha value is -3.20. The number of ether oxygens (including phenoxy) is 1. The number of pyridine rings is 1. The first-order valence-electron chi connectivity index (χ1n) is 8.06. The molecule has 0 amide bonds. The van der Waals surface area contributed by atoms with Crippen molar-refractivity contribution in [1.29, 1.82) is 0 Å². The molecule has 9 heteroatoms. The second-order valence-corrected chi connectivity index (χ2v) is 7.63. The zero-order valence-electron chi connectivity index (χ0n) is 14.5. The van der Waals surface area contributed by atoms with Crippen molar-refractivity contribution in [2.45, 2.75) is 6.54 Å². The summed E-state index contributed by atoms with van der Waals surface area (Å²) in [6.45, 7) is 0.546. The number of aromatic hydroxyl groups is 2. The summed E-state index contributed by atoms with van der Waals surface area (Å²) < 4.78 is 31.8. The summed E-state index contributed by atoms with van der Waals surface area (Å²) >= 11 is 0. The first-order valence-corrected chi connectivity index (χ1v) is 9.95. The smallest absolute Gasteiger partial charge is 0.229 e. The van der Waals surface area contributed by atoms with Crippen molar-refractivity contribution in [2.24, 2.45) is 0 Å². The zero-order valence-corrected chi connectivity index (χ0v) is 15.3. The van der Waals surface area contributed by atoms with Gasteiger partial charge in [-0.2, -0.15) is 0 Å². The van der Waals surface area contributed by atoms with Crippen LogP contribution in [0.15, 0.2) is 54.7 Å². The van der Waals surface area contributed by atoms with Gasteiger partial charge in [0.15, 0.2) is 11.8 Å². The van der Waals surface area contributed by atoms with Gasteiger partial charge in [-0.25, -0.2) is 8.42 Å². The zero-order chi connectivity index (χ0) is 19.4. The third-order valence-corrected chi connectivity index (χ3v) is 4.34. The van der Waals surface area contributed by atoms with Crippen molar-refractivity contribution in [2.75, 3.05) is 17.6 Å². The maximum Gasteiger partial charge on any atom is 0.229 e. The Balaban J connectivity index is 1.60. The molecule has 2 aromatic heterocycles. The summed E-state index contributed by atoms with van der Waals surface area (Å²) in [6.07, 6.45) is 2.67. The molecule has 0 spiro atoms. The number of sulfonamides is 1. The van der Waals surface area contributed by atoms with Crippen LogP contribution in [-0.4, -0.2) is 41.0 Å². The maximum atomic E-state index is 11.2. The van der Waals surface area contributed by atoms with Gasteiger partial charge in [-0.15, -0.1) is 0 Å². The highest BCUT2D eigenvalue weighted by Crippen LogP contribution is 2.23. The molecule has 0 aliphatic rings. The highest BCUT2D eigenvalue weighted by atomic mass is 32.2. The fraction of sp³-hybridized carbons (Fsp3) is 0.167. The lowest BCUT2D eigenvalue weighted by atomic mass is 10.1. The SMILES string of the molecule is CS(=O)(=O)Nc1ccc(-c2ccc(OCCn3c(O)ccc3O)cn2)cc1. The molecule has 0 aliphatic heterocycles. The molecule has 1 aromatic carbocycles. The highest BCUT2D eigenvalue weighted by Gasteiger charge is 2.06. The molecular formula is C18H19N3O5S. The van der Waals surface area contributed by atoms with Gasteiger partial charge in [-0.3, -0.25) is 14.3 Å². The topological polar surface area (TPSA) is 114 Å². The predicted molar refractivity (Wildman–Crippen MR) is 101 cm³/mol. The Morgan fingerprint density at radius 3 is 2.26 bits per heavy atom. The van der Waals surface area contributed by atoms with Crippen LogP contribution in [0.3, 0.4) is 0 Å². The molecule has 0 aliphatic carbocycles. The summed E-state index contributed by atoms with van der Waals surface area (Å²) in [4.78, 5) is 4.33. The molecule has 0 radical (unpaired) electrons. The van der Waals surface area contributed by atoms with Gasteiger partial charge >= 0.3 is 0 Å². The summed E-state index contributed by atoms with van der Waals surface area (Å²) in [5.74, 6) is 0.497. The minimum atomic E-state index is -3.31. The average molecular weight is 389 g/mol. The van der Waals surface area contributed by atoms with E-state index in [0.717, 1.165) is 11.8 Å². The Kier molecular flexibility index (Phi) is 5.22. The predicted octanol–water partition coefficient (Wildman–Crippen LogP) is 2.41. The molecule has 3 rings (SSSR count). The van der Waals surface area contributed by atoms with Crippen molar-refractivity contribution in [3.8, 4) is 28.8 Å². The van der Waals surface area contributed by atoms with E-state index in [1.165, 1.54) is 16.7 Å². The van der Waals surface area contributed by atoms with Gasteiger partial charge in [-0.1, -0.05) is 12.1 Å². The molecular weight excluding hydrogens is 370 g/mol.